The van der Waals surface area contributed by atoms with E-state index in [1.807, 2.05) is 0 Å². The quantitative estimate of drug-likeness (QED) is 0.0913. The van der Waals surface area contributed by atoms with Crippen molar-refractivity contribution in [3.05, 3.63) is 164 Å². The summed E-state index contributed by atoms with van der Waals surface area (Å²) < 4.78 is 0. The van der Waals surface area contributed by atoms with Gasteiger partial charge in [0, 0.05) is 0 Å². The third-order valence-corrected chi connectivity index (χ3v) is 16.4. The molecule has 0 bridgehead atoms. The van der Waals surface area contributed by atoms with Crippen molar-refractivity contribution in [3.63, 3.8) is 0 Å². The Morgan fingerprint density at radius 1 is 0.327 bits per heavy atom. The molecule has 254 valence electrons. The standard InChI is InChI=1S/2C23H26P.Fe/c2*1-15-11-13-22(19(5)17(15)3)24(21-9-7-8-10-21)23-14-12-16(2)18(4)20(23)6;/h2*7-14H,1-6H3;/q2*-1;+2. The molecule has 0 fully saturated rings. The minimum Gasteiger partial charge on any atom is -0.213 e. The molecule has 0 saturated carbocycles. The zero-order valence-corrected chi connectivity index (χ0v) is 34.4. The second-order valence-corrected chi connectivity index (χ2v) is 17.9. The molecule has 0 amide bonds. The molecule has 6 rings (SSSR count). The van der Waals surface area contributed by atoms with E-state index in [9.17, 15) is 0 Å². The topological polar surface area (TPSA) is 0 Å². The van der Waals surface area contributed by atoms with E-state index in [-0.39, 0.29) is 17.1 Å². The summed E-state index contributed by atoms with van der Waals surface area (Å²) >= 11 is 0. The van der Waals surface area contributed by atoms with Crippen LogP contribution in [0, 0.1) is 83.1 Å². The van der Waals surface area contributed by atoms with Gasteiger partial charge in [0.25, 0.3) is 0 Å². The molecule has 0 saturated heterocycles. The number of rotatable bonds is 6. The molecule has 0 atom stereocenters. The number of hydrogen-bond donors (Lipinski definition) is 0. The zero-order chi connectivity index (χ0) is 34.9. The summed E-state index contributed by atoms with van der Waals surface area (Å²) in [5, 5.41) is 8.86. The van der Waals surface area contributed by atoms with Crippen LogP contribution >= 0.6 is 15.8 Å². The van der Waals surface area contributed by atoms with Crippen molar-refractivity contribution in [1.29, 1.82) is 0 Å². The Bertz CT molecular complexity index is 1780. The molecule has 6 aromatic rings. The molecule has 3 heteroatoms. The van der Waals surface area contributed by atoms with Gasteiger partial charge in [0.2, 0.25) is 0 Å². The molecule has 0 aromatic heterocycles. The van der Waals surface area contributed by atoms with Gasteiger partial charge in [0.1, 0.15) is 0 Å². The van der Waals surface area contributed by atoms with Crippen molar-refractivity contribution in [2.24, 2.45) is 0 Å². The second-order valence-electron chi connectivity index (χ2n) is 13.6. The maximum atomic E-state index is 2.35. The molecular formula is C46H52FeP2. The molecule has 0 N–H and O–H groups in total. The van der Waals surface area contributed by atoms with Crippen molar-refractivity contribution in [1.82, 2.24) is 0 Å². The van der Waals surface area contributed by atoms with Crippen LogP contribution in [-0.2, 0) is 17.1 Å². The monoisotopic (exact) mass is 722 g/mol. The van der Waals surface area contributed by atoms with Crippen molar-refractivity contribution in [2.75, 3.05) is 0 Å². The summed E-state index contributed by atoms with van der Waals surface area (Å²) in [6, 6.07) is 36.3. The van der Waals surface area contributed by atoms with Gasteiger partial charge in [0.05, 0.1) is 0 Å². The SMILES string of the molecule is Cc1ccc(P(c2ccc[cH-]2)c2ccc(C)c(C)c2C)c(C)c1C.Cc1ccc(P(c2ccc[cH-]2)c2ccc(C)c(C)c2C)c(C)c1C.[Fe+2]. The molecule has 0 aliphatic rings. The van der Waals surface area contributed by atoms with E-state index in [0.717, 1.165) is 0 Å². The minimum absolute atomic E-state index is 0. The summed E-state index contributed by atoms with van der Waals surface area (Å²) in [6.07, 6.45) is 0. The number of hydrogen-bond acceptors (Lipinski definition) is 0. The van der Waals surface area contributed by atoms with Crippen LogP contribution in [0.4, 0.5) is 0 Å². The Labute approximate surface area is 310 Å². The van der Waals surface area contributed by atoms with Gasteiger partial charge in [-0.15, -0.1) is 10.6 Å². The van der Waals surface area contributed by atoms with Crippen LogP contribution in [0.25, 0.3) is 0 Å². The van der Waals surface area contributed by atoms with Gasteiger partial charge < -0.3 is 0 Å². The maximum Gasteiger partial charge on any atom is 2.00 e. The second kappa shape index (κ2) is 16.3. The third-order valence-electron chi connectivity index (χ3n) is 10.9. The summed E-state index contributed by atoms with van der Waals surface area (Å²) in [7, 11) is -1.02. The van der Waals surface area contributed by atoms with E-state index in [1.165, 1.54) is 98.6 Å². The number of aryl methyl sites for hydroxylation is 4. The Balaban J connectivity index is 0.000000216. The Hall–Kier alpha value is -3.04. The fraction of sp³-hybridized carbons (Fsp3) is 0.261. The fourth-order valence-corrected chi connectivity index (χ4v) is 12.1. The van der Waals surface area contributed by atoms with Crippen molar-refractivity contribution in [2.45, 2.75) is 83.1 Å². The normalized spacial score (nSPS) is 11.1. The van der Waals surface area contributed by atoms with E-state index in [1.54, 1.807) is 0 Å². The molecular weight excluding hydrogens is 670 g/mol. The average molecular weight is 723 g/mol. The van der Waals surface area contributed by atoms with Crippen LogP contribution in [0.2, 0.25) is 0 Å². The van der Waals surface area contributed by atoms with Crippen LogP contribution in [-0.4, -0.2) is 0 Å². The molecule has 0 heterocycles. The van der Waals surface area contributed by atoms with E-state index in [0.29, 0.717) is 0 Å². The van der Waals surface area contributed by atoms with Gasteiger partial charge in [-0.25, -0.2) is 24.3 Å². The van der Waals surface area contributed by atoms with Crippen LogP contribution in [0.5, 0.6) is 0 Å². The van der Waals surface area contributed by atoms with E-state index in [2.05, 4.69) is 180 Å². The van der Waals surface area contributed by atoms with Crippen LogP contribution < -0.4 is 31.8 Å². The van der Waals surface area contributed by atoms with Gasteiger partial charge in [-0.2, -0.15) is 24.3 Å². The van der Waals surface area contributed by atoms with Gasteiger partial charge in [-0.3, -0.25) is 0 Å². The fourth-order valence-electron chi connectivity index (χ4n) is 6.58. The molecule has 0 radical (unpaired) electrons. The van der Waals surface area contributed by atoms with Gasteiger partial charge >= 0.3 is 17.1 Å². The molecule has 6 aromatic carbocycles. The van der Waals surface area contributed by atoms with Crippen molar-refractivity contribution in [3.8, 4) is 0 Å². The number of benzene rings is 4. The van der Waals surface area contributed by atoms with E-state index >= 15 is 0 Å². The third kappa shape index (κ3) is 7.83. The molecule has 0 aliphatic heterocycles. The van der Waals surface area contributed by atoms with Crippen LogP contribution in [0.1, 0.15) is 66.8 Å². The van der Waals surface area contributed by atoms with Gasteiger partial charge in [-0.1, -0.05) is 48.5 Å². The zero-order valence-electron chi connectivity index (χ0n) is 31.5. The molecule has 0 nitrogen and oxygen atoms in total. The minimum atomic E-state index is -0.508. The smallest absolute Gasteiger partial charge is 0.213 e. The van der Waals surface area contributed by atoms with E-state index in [4.69, 9.17) is 0 Å². The van der Waals surface area contributed by atoms with E-state index < -0.39 is 15.8 Å². The predicted octanol–water partition coefficient (Wildman–Crippen LogP) is 10.0. The molecule has 0 unspecified atom stereocenters. The largest absolute Gasteiger partial charge is 2.00 e. The molecule has 0 spiro atoms. The Kier molecular flexibility index (Phi) is 12.9. The average Bonchev–Trinajstić information content (AvgIpc) is 3.81. The summed E-state index contributed by atoms with van der Waals surface area (Å²) in [5.74, 6) is 0. The summed E-state index contributed by atoms with van der Waals surface area (Å²) in [4.78, 5) is 0. The summed E-state index contributed by atoms with van der Waals surface area (Å²) in [5.41, 5.74) is 17.0. The molecule has 0 aliphatic carbocycles. The Morgan fingerprint density at radius 2 is 0.571 bits per heavy atom. The first-order valence-corrected chi connectivity index (χ1v) is 19.8. The van der Waals surface area contributed by atoms with Gasteiger partial charge in [0.15, 0.2) is 0 Å². The Morgan fingerprint density at radius 3 is 0.776 bits per heavy atom. The molecule has 49 heavy (non-hydrogen) atoms. The van der Waals surface area contributed by atoms with Gasteiger partial charge in [-0.05, 0) is 187 Å². The van der Waals surface area contributed by atoms with Crippen LogP contribution in [0.3, 0.4) is 0 Å². The first-order chi connectivity index (χ1) is 22.8. The maximum absolute atomic E-state index is 2.35. The van der Waals surface area contributed by atoms with Crippen molar-refractivity contribution < 1.29 is 17.1 Å². The van der Waals surface area contributed by atoms with Crippen molar-refractivity contribution >= 4 is 47.7 Å². The predicted molar refractivity (Wildman–Crippen MR) is 218 cm³/mol. The first-order valence-electron chi connectivity index (χ1n) is 17.1. The first kappa shape index (κ1) is 38.8. The van der Waals surface area contributed by atoms with Crippen LogP contribution in [0.15, 0.2) is 97.1 Å². The summed E-state index contributed by atoms with van der Waals surface area (Å²) in [6.45, 7) is 27.0.